The lowest BCUT2D eigenvalue weighted by Crippen LogP contribution is -2.51. The van der Waals surface area contributed by atoms with E-state index in [4.69, 9.17) is 28.9 Å². The highest BCUT2D eigenvalue weighted by molar-refractivity contribution is 7.93. The molecule has 3 aromatic carbocycles. The van der Waals surface area contributed by atoms with Gasteiger partial charge in [-0.3, -0.25) is 9.10 Å². The Balaban J connectivity index is 2.15. The molecule has 0 aliphatic rings. The van der Waals surface area contributed by atoms with Gasteiger partial charge >= 0.3 is 0 Å². The van der Waals surface area contributed by atoms with Crippen LogP contribution in [0.5, 0.6) is 0 Å². The van der Waals surface area contributed by atoms with E-state index >= 15 is 0 Å². The van der Waals surface area contributed by atoms with E-state index in [1.807, 2.05) is 0 Å². The number of para-hydroxylation sites is 1. The van der Waals surface area contributed by atoms with Gasteiger partial charge in [-0.1, -0.05) is 41.4 Å². The van der Waals surface area contributed by atoms with Crippen LogP contribution in [0.2, 0.25) is 10.0 Å². The van der Waals surface area contributed by atoms with E-state index in [-0.39, 0.29) is 28.7 Å². The van der Waals surface area contributed by atoms with E-state index in [2.05, 4.69) is 0 Å². The standard InChI is InChI=1S/C23H22Cl2FN3O3S/c1-16(23(30)28(14-13-27)19-5-3-2-4-6-19)29(22-15-18(25)9-12-21(22)26)33(31,32)20-10-7-17(24)8-11-20/h2-12,15-16H,13-14,27H2,1H3. The van der Waals surface area contributed by atoms with Gasteiger partial charge in [-0.25, -0.2) is 12.8 Å². The minimum atomic E-state index is -4.39. The normalized spacial score (nSPS) is 12.3. The van der Waals surface area contributed by atoms with Crippen LogP contribution in [0.1, 0.15) is 6.92 Å². The fourth-order valence-electron chi connectivity index (χ4n) is 3.35. The molecular formula is C23H22Cl2FN3O3S. The van der Waals surface area contributed by atoms with Gasteiger partial charge in [-0.15, -0.1) is 0 Å². The summed E-state index contributed by atoms with van der Waals surface area (Å²) >= 11 is 12.0. The van der Waals surface area contributed by atoms with Gasteiger partial charge in [-0.2, -0.15) is 0 Å². The largest absolute Gasteiger partial charge is 0.329 e. The van der Waals surface area contributed by atoms with Crippen molar-refractivity contribution in [3.05, 3.63) is 88.7 Å². The van der Waals surface area contributed by atoms with Crippen LogP contribution in [0, 0.1) is 5.82 Å². The van der Waals surface area contributed by atoms with Crippen molar-refractivity contribution in [2.45, 2.75) is 17.9 Å². The van der Waals surface area contributed by atoms with Gasteiger partial charge < -0.3 is 10.6 Å². The molecule has 0 heterocycles. The molecular weight excluding hydrogens is 488 g/mol. The van der Waals surface area contributed by atoms with Crippen LogP contribution in [-0.2, 0) is 14.8 Å². The molecule has 2 N–H and O–H groups in total. The second-order valence-electron chi connectivity index (χ2n) is 7.14. The molecule has 6 nitrogen and oxygen atoms in total. The van der Waals surface area contributed by atoms with Crippen molar-refractivity contribution in [1.82, 2.24) is 0 Å². The molecule has 3 aromatic rings. The molecule has 1 amide bonds. The summed E-state index contributed by atoms with van der Waals surface area (Å²) in [4.78, 5) is 14.8. The third-order valence-corrected chi connectivity index (χ3v) is 7.30. The number of anilines is 2. The molecule has 0 saturated heterocycles. The van der Waals surface area contributed by atoms with Crippen LogP contribution in [0.25, 0.3) is 0 Å². The number of benzene rings is 3. The van der Waals surface area contributed by atoms with Gasteiger partial charge in [0.2, 0.25) is 0 Å². The van der Waals surface area contributed by atoms with Crippen molar-refractivity contribution in [3.63, 3.8) is 0 Å². The third kappa shape index (κ3) is 5.47. The quantitative estimate of drug-likeness (QED) is 0.476. The van der Waals surface area contributed by atoms with Gasteiger partial charge in [0, 0.05) is 28.8 Å². The maximum atomic E-state index is 14.9. The molecule has 0 aliphatic carbocycles. The zero-order valence-corrected chi connectivity index (χ0v) is 20.0. The average Bonchev–Trinajstić information content (AvgIpc) is 2.80. The molecule has 0 spiro atoms. The summed E-state index contributed by atoms with van der Waals surface area (Å²) in [5.74, 6) is -1.43. The molecule has 10 heteroatoms. The van der Waals surface area contributed by atoms with Crippen molar-refractivity contribution in [2.75, 3.05) is 22.3 Å². The molecule has 0 saturated carbocycles. The topological polar surface area (TPSA) is 83.7 Å². The molecule has 1 unspecified atom stereocenters. The summed E-state index contributed by atoms with van der Waals surface area (Å²) in [5.41, 5.74) is 5.90. The van der Waals surface area contributed by atoms with Gasteiger partial charge in [0.25, 0.3) is 15.9 Å². The fourth-order valence-corrected chi connectivity index (χ4v) is 5.26. The molecule has 0 aromatic heterocycles. The first-order chi connectivity index (χ1) is 15.7. The summed E-state index contributed by atoms with van der Waals surface area (Å²) < 4.78 is 42.9. The van der Waals surface area contributed by atoms with E-state index < -0.39 is 27.8 Å². The second kappa shape index (κ2) is 10.5. The van der Waals surface area contributed by atoms with E-state index in [0.717, 1.165) is 10.4 Å². The first-order valence-electron chi connectivity index (χ1n) is 9.98. The third-order valence-electron chi connectivity index (χ3n) is 4.91. The minimum Gasteiger partial charge on any atom is -0.329 e. The Morgan fingerprint density at radius 1 is 1.00 bits per heavy atom. The van der Waals surface area contributed by atoms with Crippen molar-refractivity contribution < 1.29 is 17.6 Å². The van der Waals surface area contributed by atoms with Crippen LogP contribution in [-0.4, -0.2) is 33.5 Å². The number of halogens is 3. The number of nitrogens with zero attached hydrogens (tertiary/aromatic N) is 2. The van der Waals surface area contributed by atoms with Crippen molar-refractivity contribution in [3.8, 4) is 0 Å². The summed E-state index contributed by atoms with van der Waals surface area (Å²) in [7, 11) is -4.39. The van der Waals surface area contributed by atoms with Gasteiger partial charge in [-0.05, 0) is 61.5 Å². The predicted molar refractivity (Wildman–Crippen MR) is 130 cm³/mol. The molecule has 1 atom stereocenters. The summed E-state index contributed by atoms with van der Waals surface area (Å²) in [6.07, 6.45) is 0. The van der Waals surface area contributed by atoms with Crippen LogP contribution in [0.15, 0.2) is 77.7 Å². The second-order valence-corrected chi connectivity index (χ2v) is 9.83. The lowest BCUT2D eigenvalue weighted by atomic mass is 10.2. The van der Waals surface area contributed by atoms with Gasteiger partial charge in [0.1, 0.15) is 11.9 Å². The summed E-state index contributed by atoms with van der Waals surface area (Å²) in [6, 6.07) is 16.3. The Labute approximate surface area is 202 Å². The molecule has 0 aliphatic heterocycles. The smallest absolute Gasteiger partial charge is 0.265 e. The predicted octanol–water partition coefficient (Wildman–Crippen LogP) is 4.71. The lowest BCUT2D eigenvalue weighted by molar-refractivity contribution is -0.119. The number of hydrogen-bond acceptors (Lipinski definition) is 4. The summed E-state index contributed by atoms with van der Waals surface area (Å²) in [6.45, 7) is 1.67. The molecule has 0 fully saturated rings. The Kier molecular flexibility index (Phi) is 7.97. The van der Waals surface area contributed by atoms with Crippen molar-refractivity contribution in [1.29, 1.82) is 0 Å². The SMILES string of the molecule is CC(C(=O)N(CCN)c1ccccc1)N(c1cc(Cl)ccc1F)S(=O)(=O)c1ccc(Cl)cc1. The number of rotatable bonds is 8. The number of sulfonamides is 1. The lowest BCUT2D eigenvalue weighted by Gasteiger charge is -2.33. The molecule has 33 heavy (non-hydrogen) atoms. The van der Waals surface area contributed by atoms with E-state index in [1.54, 1.807) is 30.3 Å². The Hall–Kier alpha value is -2.65. The minimum absolute atomic E-state index is 0.115. The van der Waals surface area contributed by atoms with E-state index in [0.29, 0.717) is 10.7 Å². The van der Waals surface area contributed by atoms with Crippen molar-refractivity contribution >= 4 is 50.5 Å². The fraction of sp³-hybridized carbons (Fsp3) is 0.174. The van der Waals surface area contributed by atoms with Crippen LogP contribution >= 0.6 is 23.2 Å². The van der Waals surface area contributed by atoms with Crippen LogP contribution < -0.4 is 14.9 Å². The number of carbonyl (C=O) groups is 1. The Bertz CT molecular complexity index is 1230. The van der Waals surface area contributed by atoms with Crippen LogP contribution in [0.4, 0.5) is 15.8 Å². The Morgan fingerprint density at radius 2 is 1.61 bits per heavy atom. The highest BCUT2D eigenvalue weighted by Gasteiger charge is 2.37. The zero-order valence-electron chi connectivity index (χ0n) is 17.7. The maximum absolute atomic E-state index is 14.9. The molecule has 174 valence electrons. The molecule has 0 bridgehead atoms. The monoisotopic (exact) mass is 509 g/mol. The summed E-state index contributed by atoms with van der Waals surface area (Å²) in [5, 5.41) is 0.445. The number of nitrogens with two attached hydrogens (primary N) is 1. The number of hydrogen-bond donors (Lipinski definition) is 1. The first-order valence-corrected chi connectivity index (χ1v) is 12.2. The zero-order chi connectivity index (χ0) is 24.2. The van der Waals surface area contributed by atoms with Gasteiger partial charge in [0.15, 0.2) is 0 Å². The molecule has 3 rings (SSSR count). The highest BCUT2D eigenvalue weighted by Crippen LogP contribution is 2.32. The maximum Gasteiger partial charge on any atom is 0.265 e. The first kappa shape index (κ1) is 25.0. The highest BCUT2D eigenvalue weighted by atomic mass is 35.5. The Morgan fingerprint density at radius 3 is 2.21 bits per heavy atom. The van der Waals surface area contributed by atoms with Gasteiger partial charge in [0.05, 0.1) is 10.6 Å². The van der Waals surface area contributed by atoms with Crippen LogP contribution in [0.3, 0.4) is 0 Å². The average molecular weight is 510 g/mol. The van der Waals surface area contributed by atoms with Crippen molar-refractivity contribution in [2.24, 2.45) is 5.73 Å². The van der Waals surface area contributed by atoms with E-state index in [9.17, 15) is 17.6 Å². The number of carbonyl (C=O) groups excluding carboxylic acids is 1. The van der Waals surface area contributed by atoms with E-state index in [1.165, 1.54) is 48.2 Å². The molecule has 0 radical (unpaired) electrons. The number of amides is 1.